The molecule has 0 bridgehead atoms. The second kappa shape index (κ2) is 6.89. The molecule has 0 saturated heterocycles. The zero-order chi connectivity index (χ0) is 14.5. The van der Waals surface area contributed by atoms with E-state index >= 15 is 0 Å². The van der Waals surface area contributed by atoms with E-state index < -0.39 is 17.6 Å². The van der Waals surface area contributed by atoms with Crippen LogP contribution in [0.1, 0.15) is 58.8 Å². The van der Waals surface area contributed by atoms with Crippen molar-refractivity contribution in [1.82, 2.24) is 5.32 Å². The molecule has 5 nitrogen and oxygen atoms in total. The molecule has 0 aromatic heterocycles. The molecule has 5 heteroatoms. The standard InChI is InChI=1S/C14H26N2O3/c1-3-10(2)12(13(18)19)16-11(17)9-14(15)7-5-4-6-8-14/h10,12H,3-9,15H2,1-2H3,(H,16,17)(H,18,19)/t10-,12-/m0/s1. The van der Waals surface area contributed by atoms with Gasteiger partial charge >= 0.3 is 5.97 Å². The molecule has 0 aromatic carbocycles. The minimum absolute atomic E-state index is 0.0819. The van der Waals surface area contributed by atoms with E-state index in [1.54, 1.807) is 0 Å². The molecule has 2 atom stereocenters. The van der Waals surface area contributed by atoms with E-state index in [0.717, 1.165) is 25.7 Å². The minimum Gasteiger partial charge on any atom is -0.480 e. The summed E-state index contributed by atoms with van der Waals surface area (Å²) >= 11 is 0. The number of nitrogens with one attached hydrogen (secondary N) is 1. The number of rotatable bonds is 6. The van der Waals surface area contributed by atoms with Crippen LogP contribution in [0.4, 0.5) is 0 Å². The van der Waals surface area contributed by atoms with Crippen LogP contribution >= 0.6 is 0 Å². The Hall–Kier alpha value is -1.10. The van der Waals surface area contributed by atoms with E-state index in [1.165, 1.54) is 6.42 Å². The maximum Gasteiger partial charge on any atom is 0.326 e. The van der Waals surface area contributed by atoms with Gasteiger partial charge in [0.15, 0.2) is 0 Å². The molecule has 1 fully saturated rings. The average molecular weight is 270 g/mol. The summed E-state index contributed by atoms with van der Waals surface area (Å²) in [5, 5.41) is 11.8. The second-order valence-electron chi connectivity index (χ2n) is 5.87. The Balaban J connectivity index is 2.55. The fourth-order valence-electron chi connectivity index (χ4n) is 2.66. The van der Waals surface area contributed by atoms with Gasteiger partial charge in [0.2, 0.25) is 5.91 Å². The average Bonchev–Trinajstić information content (AvgIpc) is 2.35. The first-order chi connectivity index (χ1) is 8.88. The molecule has 4 N–H and O–H groups in total. The first-order valence-corrected chi connectivity index (χ1v) is 7.19. The summed E-state index contributed by atoms with van der Waals surface area (Å²) in [7, 11) is 0. The highest BCUT2D eigenvalue weighted by Crippen LogP contribution is 2.28. The number of aliphatic carboxylic acids is 1. The third kappa shape index (κ3) is 4.82. The Morgan fingerprint density at radius 2 is 1.89 bits per heavy atom. The van der Waals surface area contributed by atoms with Crippen molar-refractivity contribution in [3.05, 3.63) is 0 Å². The predicted octanol–water partition coefficient (Wildman–Crippen LogP) is 1.65. The van der Waals surface area contributed by atoms with Crippen molar-refractivity contribution in [3.8, 4) is 0 Å². The van der Waals surface area contributed by atoms with Gasteiger partial charge < -0.3 is 16.2 Å². The number of carbonyl (C=O) groups is 2. The molecule has 1 amide bonds. The van der Waals surface area contributed by atoms with Gasteiger partial charge in [-0.15, -0.1) is 0 Å². The van der Waals surface area contributed by atoms with Gasteiger partial charge in [0, 0.05) is 12.0 Å². The molecule has 0 aliphatic heterocycles. The zero-order valence-electron chi connectivity index (χ0n) is 11.9. The fourth-order valence-corrected chi connectivity index (χ4v) is 2.66. The van der Waals surface area contributed by atoms with Crippen molar-refractivity contribution in [1.29, 1.82) is 0 Å². The monoisotopic (exact) mass is 270 g/mol. The van der Waals surface area contributed by atoms with E-state index in [0.29, 0.717) is 6.42 Å². The lowest BCUT2D eigenvalue weighted by Gasteiger charge is -2.33. The van der Waals surface area contributed by atoms with Crippen molar-refractivity contribution in [3.63, 3.8) is 0 Å². The van der Waals surface area contributed by atoms with Gasteiger partial charge in [-0.1, -0.05) is 39.5 Å². The van der Waals surface area contributed by atoms with Crippen molar-refractivity contribution in [2.75, 3.05) is 0 Å². The Morgan fingerprint density at radius 1 is 1.32 bits per heavy atom. The SMILES string of the molecule is CC[C@H](C)[C@H](NC(=O)CC1(N)CCCCC1)C(=O)O. The molecule has 19 heavy (non-hydrogen) atoms. The highest BCUT2D eigenvalue weighted by Gasteiger charge is 2.32. The van der Waals surface area contributed by atoms with Crippen molar-refractivity contribution in [2.45, 2.75) is 70.4 Å². The quantitative estimate of drug-likeness (QED) is 0.684. The van der Waals surface area contributed by atoms with Gasteiger partial charge in [-0.25, -0.2) is 4.79 Å². The number of hydrogen-bond donors (Lipinski definition) is 3. The number of carboxylic acids is 1. The second-order valence-corrected chi connectivity index (χ2v) is 5.87. The minimum atomic E-state index is -0.975. The summed E-state index contributed by atoms with van der Waals surface area (Å²) in [6.45, 7) is 3.75. The molecule has 1 aliphatic carbocycles. The van der Waals surface area contributed by atoms with Crippen LogP contribution in [-0.4, -0.2) is 28.6 Å². The molecule has 0 heterocycles. The van der Waals surface area contributed by atoms with Gasteiger partial charge in [0.1, 0.15) is 6.04 Å². The molecule has 1 rings (SSSR count). The molecule has 0 unspecified atom stereocenters. The Labute approximate surface area is 114 Å². The van der Waals surface area contributed by atoms with Crippen LogP contribution in [0.3, 0.4) is 0 Å². The molecule has 1 aliphatic rings. The van der Waals surface area contributed by atoms with Crippen LogP contribution in [0.15, 0.2) is 0 Å². The highest BCUT2D eigenvalue weighted by molar-refractivity contribution is 5.84. The van der Waals surface area contributed by atoms with E-state index in [2.05, 4.69) is 5.32 Å². The third-order valence-electron chi connectivity index (χ3n) is 4.16. The number of carboxylic acid groups (broad SMARTS) is 1. The van der Waals surface area contributed by atoms with Crippen LogP contribution in [0, 0.1) is 5.92 Å². The normalized spacial score (nSPS) is 21.4. The summed E-state index contributed by atoms with van der Waals surface area (Å²) in [4.78, 5) is 23.2. The Bertz CT molecular complexity index is 325. The third-order valence-corrected chi connectivity index (χ3v) is 4.16. The van der Waals surface area contributed by atoms with Crippen molar-refractivity contribution >= 4 is 11.9 Å². The molecule has 1 saturated carbocycles. The van der Waals surface area contributed by atoms with Gasteiger partial charge in [0.05, 0.1) is 0 Å². The first kappa shape index (κ1) is 16.0. The highest BCUT2D eigenvalue weighted by atomic mass is 16.4. The molecule has 0 aromatic rings. The van der Waals surface area contributed by atoms with Crippen LogP contribution in [0.5, 0.6) is 0 Å². The maximum atomic E-state index is 12.0. The maximum absolute atomic E-state index is 12.0. The first-order valence-electron chi connectivity index (χ1n) is 7.19. The zero-order valence-corrected chi connectivity index (χ0v) is 11.9. The lowest BCUT2D eigenvalue weighted by atomic mass is 9.80. The smallest absolute Gasteiger partial charge is 0.326 e. The number of nitrogens with two attached hydrogens (primary N) is 1. The number of hydrogen-bond acceptors (Lipinski definition) is 3. The lowest BCUT2D eigenvalue weighted by Crippen LogP contribution is -2.50. The number of carbonyl (C=O) groups excluding carboxylic acids is 1. The summed E-state index contributed by atoms with van der Waals surface area (Å²) in [5.41, 5.74) is 5.77. The fraction of sp³-hybridized carbons (Fsp3) is 0.857. The molecular formula is C14H26N2O3. The summed E-state index contributed by atoms with van der Waals surface area (Å²) in [6, 6.07) is -0.815. The molecular weight excluding hydrogens is 244 g/mol. The van der Waals surface area contributed by atoms with Crippen LogP contribution in [0.25, 0.3) is 0 Å². The largest absolute Gasteiger partial charge is 0.480 e. The lowest BCUT2D eigenvalue weighted by molar-refractivity contribution is -0.143. The van der Waals surface area contributed by atoms with Crippen molar-refractivity contribution in [2.24, 2.45) is 11.7 Å². The topological polar surface area (TPSA) is 92.4 Å². The number of amides is 1. The molecule has 0 spiro atoms. The van der Waals surface area contributed by atoms with Crippen LogP contribution in [-0.2, 0) is 9.59 Å². The van der Waals surface area contributed by atoms with E-state index in [1.807, 2.05) is 13.8 Å². The van der Waals surface area contributed by atoms with E-state index in [4.69, 9.17) is 10.8 Å². The van der Waals surface area contributed by atoms with E-state index in [-0.39, 0.29) is 18.2 Å². The van der Waals surface area contributed by atoms with Gasteiger partial charge in [-0.2, -0.15) is 0 Å². The van der Waals surface area contributed by atoms with E-state index in [9.17, 15) is 9.59 Å². The van der Waals surface area contributed by atoms with Gasteiger partial charge in [-0.05, 0) is 18.8 Å². The van der Waals surface area contributed by atoms with Gasteiger partial charge in [0.25, 0.3) is 0 Å². The Morgan fingerprint density at radius 3 is 2.37 bits per heavy atom. The molecule has 110 valence electrons. The van der Waals surface area contributed by atoms with Crippen LogP contribution < -0.4 is 11.1 Å². The van der Waals surface area contributed by atoms with Crippen molar-refractivity contribution < 1.29 is 14.7 Å². The van der Waals surface area contributed by atoms with Gasteiger partial charge in [-0.3, -0.25) is 4.79 Å². The molecule has 0 radical (unpaired) electrons. The summed E-state index contributed by atoms with van der Waals surface area (Å²) in [6.07, 6.45) is 5.92. The Kier molecular flexibility index (Phi) is 5.79. The summed E-state index contributed by atoms with van der Waals surface area (Å²) in [5.74, 6) is -1.30. The summed E-state index contributed by atoms with van der Waals surface area (Å²) < 4.78 is 0. The predicted molar refractivity (Wildman–Crippen MR) is 73.6 cm³/mol. The van der Waals surface area contributed by atoms with Crippen LogP contribution in [0.2, 0.25) is 0 Å².